The zero-order valence-corrected chi connectivity index (χ0v) is 7.99. The van der Waals surface area contributed by atoms with E-state index in [1.54, 1.807) is 6.66 Å². The Bertz CT molecular complexity index is 123. The van der Waals surface area contributed by atoms with Gasteiger partial charge in [-0.25, -0.2) is 0 Å². The lowest BCUT2D eigenvalue weighted by molar-refractivity contribution is 0.397. The van der Waals surface area contributed by atoms with Crippen LogP contribution in [0.4, 0.5) is 0 Å². The smallest absolute Gasteiger partial charge is 0.199 e. The number of hydrogen-bond donors (Lipinski definition) is 0. The second-order valence-electron chi connectivity index (χ2n) is 2.63. The van der Waals surface area contributed by atoms with Gasteiger partial charge >= 0.3 is 0 Å². The maximum atomic E-state index is 11.2. The van der Waals surface area contributed by atoms with Gasteiger partial charge in [0.05, 0.1) is 0 Å². The molecule has 0 radical (unpaired) electrons. The predicted molar refractivity (Wildman–Crippen MR) is 44.9 cm³/mol. The average molecular weight is 164 g/mol. The van der Waals surface area contributed by atoms with Crippen LogP contribution >= 0.6 is 7.37 Å². The first-order chi connectivity index (χ1) is 4.62. The van der Waals surface area contributed by atoms with Crippen molar-refractivity contribution < 1.29 is 9.09 Å². The summed E-state index contributed by atoms with van der Waals surface area (Å²) in [7, 11) is -0.683. The fraction of sp³-hybridized carbons (Fsp3) is 1.00. The number of rotatable bonds is 5. The molecule has 0 fully saturated rings. The van der Waals surface area contributed by atoms with Crippen molar-refractivity contribution in [3.63, 3.8) is 0 Å². The molecule has 0 aliphatic rings. The summed E-state index contributed by atoms with van der Waals surface area (Å²) in [4.78, 5) is 0. The summed E-state index contributed by atoms with van der Waals surface area (Å²) in [5, 5.41) is 0. The van der Waals surface area contributed by atoms with Gasteiger partial charge in [0.25, 0.3) is 0 Å². The molecular weight excluding hydrogens is 147 g/mol. The minimum atomic E-state index is -2.20. The average Bonchev–Trinajstić information content (AvgIpc) is 1.89. The van der Waals surface area contributed by atoms with E-state index in [9.17, 15) is 4.57 Å². The van der Waals surface area contributed by atoms with Crippen molar-refractivity contribution in [1.29, 1.82) is 0 Å². The summed E-state index contributed by atoms with van der Waals surface area (Å²) in [6.45, 7) is 3.83. The summed E-state index contributed by atoms with van der Waals surface area (Å²) in [5.41, 5.74) is 0. The molecule has 0 aliphatic carbocycles. The third-order valence-corrected chi connectivity index (χ3v) is 3.46. The Balaban J connectivity index is 3.38. The Morgan fingerprint density at radius 1 is 1.40 bits per heavy atom. The Kier molecular flexibility index (Phi) is 5.02. The highest BCUT2D eigenvalue weighted by molar-refractivity contribution is 7.58. The molecule has 0 rings (SSSR count). The van der Waals surface area contributed by atoms with Gasteiger partial charge in [-0.2, -0.15) is 0 Å². The van der Waals surface area contributed by atoms with Gasteiger partial charge in [0.2, 0.25) is 0 Å². The fourth-order valence-corrected chi connectivity index (χ4v) is 1.72. The van der Waals surface area contributed by atoms with E-state index in [2.05, 4.69) is 6.92 Å². The molecule has 0 aromatic carbocycles. The lowest BCUT2D eigenvalue weighted by Gasteiger charge is -2.08. The normalized spacial score (nSPS) is 16.7. The van der Waals surface area contributed by atoms with Gasteiger partial charge < -0.3 is 4.52 Å². The first-order valence-corrected chi connectivity index (χ1v) is 6.00. The Labute approximate surface area is 63.4 Å². The van der Waals surface area contributed by atoms with Crippen LogP contribution in [0.25, 0.3) is 0 Å². The van der Waals surface area contributed by atoms with Crippen LogP contribution in [-0.4, -0.2) is 19.9 Å². The van der Waals surface area contributed by atoms with Gasteiger partial charge in [0, 0.05) is 19.9 Å². The number of unbranched alkanes of at least 4 members (excludes halogenated alkanes) is 2. The van der Waals surface area contributed by atoms with E-state index in [-0.39, 0.29) is 0 Å². The van der Waals surface area contributed by atoms with E-state index < -0.39 is 7.37 Å². The quantitative estimate of drug-likeness (QED) is 0.461. The lowest BCUT2D eigenvalue weighted by Crippen LogP contribution is -1.89. The molecule has 0 heterocycles. The Morgan fingerprint density at radius 2 is 2.00 bits per heavy atom. The summed E-state index contributed by atoms with van der Waals surface area (Å²) < 4.78 is 16.1. The topological polar surface area (TPSA) is 26.3 Å². The zero-order valence-electron chi connectivity index (χ0n) is 7.09. The fourth-order valence-electron chi connectivity index (χ4n) is 0.740. The second kappa shape index (κ2) is 4.92. The van der Waals surface area contributed by atoms with Crippen LogP contribution in [-0.2, 0) is 9.09 Å². The van der Waals surface area contributed by atoms with Crippen LogP contribution in [0.5, 0.6) is 0 Å². The first-order valence-electron chi connectivity index (χ1n) is 3.74. The van der Waals surface area contributed by atoms with Crippen LogP contribution in [0.1, 0.15) is 26.2 Å². The molecule has 10 heavy (non-hydrogen) atoms. The molecular formula is C7H17O2P. The van der Waals surface area contributed by atoms with E-state index in [1.807, 2.05) is 0 Å². The molecule has 0 spiro atoms. The standard InChI is InChI=1S/C7H17O2P/c1-4-5-6-7-10(3,8)9-2/h4-7H2,1-3H3. The summed E-state index contributed by atoms with van der Waals surface area (Å²) in [5.74, 6) is 0. The van der Waals surface area contributed by atoms with Crippen molar-refractivity contribution in [1.82, 2.24) is 0 Å². The van der Waals surface area contributed by atoms with Crippen molar-refractivity contribution in [2.45, 2.75) is 26.2 Å². The maximum Gasteiger partial charge on any atom is 0.199 e. The van der Waals surface area contributed by atoms with Gasteiger partial charge in [0.1, 0.15) is 0 Å². The molecule has 0 saturated heterocycles. The van der Waals surface area contributed by atoms with E-state index in [0.29, 0.717) is 0 Å². The summed E-state index contributed by atoms with van der Waals surface area (Å²) in [6, 6.07) is 0. The maximum absolute atomic E-state index is 11.2. The van der Waals surface area contributed by atoms with Crippen molar-refractivity contribution >= 4 is 7.37 Å². The lowest BCUT2D eigenvalue weighted by atomic mass is 10.3. The van der Waals surface area contributed by atoms with Crippen molar-refractivity contribution in [2.75, 3.05) is 19.9 Å². The summed E-state index contributed by atoms with van der Waals surface area (Å²) in [6.07, 6.45) is 4.08. The highest BCUT2D eigenvalue weighted by Crippen LogP contribution is 2.42. The molecule has 0 aromatic heterocycles. The van der Waals surface area contributed by atoms with Crippen molar-refractivity contribution in [3.05, 3.63) is 0 Å². The Morgan fingerprint density at radius 3 is 2.40 bits per heavy atom. The highest BCUT2D eigenvalue weighted by Gasteiger charge is 2.11. The zero-order chi connectivity index (χ0) is 8.04. The first kappa shape index (κ1) is 10.2. The molecule has 62 valence electrons. The molecule has 1 atom stereocenters. The van der Waals surface area contributed by atoms with Gasteiger partial charge in [-0.3, -0.25) is 4.57 Å². The van der Waals surface area contributed by atoms with E-state index in [4.69, 9.17) is 4.52 Å². The SMILES string of the molecule is CCCCCP(C)(=O)OC. The third kappa shape index (κ3) is 5.01. The van der Waals surface area contributed by atoms with Gasteiger partial charge in [-0.1, -0.05) is 19.8 Å². The Hall–Kier alpha value is 0.190. The van der Waals surface area contributed by atoms with Gasteiger partial charge in [-0.15, -0.1) is 0 Å². The molecule has 0 bridgehead atoms. The van der Waals surface area contributed by atoms with E-state index >= 15 is 0 Å². The van der Waals surface area contributed by atoms with Crippen LogP contribution in [0.2, 0.25) is 0 Å². The van der Waals surface area contributed by atoms with Crippen LogP contribution < -0.4 is 0 Å². The number of hydrogen-bond acceptors (Lipinski definition) is 2. The molecule has 0 saturated carbocycles. The van der Waals surface area contributed by atoms with Gasteiger partial charge in [0.15, 0.2) is 7.37 Å². The van der Waals surface area contributed by atoms with Crippen LogP contribution in [0.15, 0.2) is 0 Å². The second-order valence-corrected chi connectivity index (χ2v) is 5.47. The molecule has 0 amide bonds. The highest BCUT2D eigenvalue weighted by atomic mass is 31.2. The van der Waals surface area contributed by atoms with Crippen LogP contribution in [0, 0.1) is 0 Å². The van der Waals surface area contributed by atoms with Crippen molar-refractivity contribution in [3.8, 4) is 0 Å². The third-order valence-electron chi connectivity index (χ3n) is 1.55. The minimum absolute atomic E-state index is 0.733. The molecule has 3 heteroatoms. The van der Waals surface area contributed by atoms with Crippen LogP contribution in [0.3, 0.4) is 0 Å². The monoisotopic (exact) mass is 164 g/mol. The van der Waals surface area contributed by atoms with Gasteiger partial charge in [-0.05, 0) is 6.42 Å². The minimum Gasteiger partial charge on any atom is -0.332 e. The summed E-state index contributed by atoms with van der Waals surface area (Å²) >= 11 is 0. The molecule has 0 aliphatic heterocycles. The molecule has 0 N–H and O–H groups in total. The van der Waals surface area contributed by atoms with E-state index in [0.717, 1.165) is 19.0 Å². The largest absolute Gasteiger partial charge is 0.332 e. The predicted octanol–water partition coefficient (Wildman–Crippen LogP) is 2.73. The molecule has 0 aromatic rings. The molecule has 2 nitrogen and oxygen atoms in total. The van der Waals surface area contributed by atoms with Crippen molar-refractivity contribution in [2.24, 2.45) is 0 Å². The molecule has 1 unspecified atom stereocenters. The van der Waals surface area contributed by atoms with E-state index in [1.165, 1.54) is 13.5 Å².